The molecule has 7 aromatic rings. The summed E-state index contributed by atoms with van der Waals surface area (Å²) in [5.41, 5.74) is 17.1. The molecule has 1 saturated heterocycles. The number of nitrogens with zero attached hydrogens (tertiary/aromatic N) is 9. The van der Waals surface area contributed by atoms with E-state index in [1.807, 2.05) is 55.2 Å². The summed E-state index contributed by atoms with van der Waals surface area (Å²) in [7, 11) is 1.50. The van der Waals surface area contributed by atoms with E-state index in [4.69, 9.17) is 35.9 Å². The minimum atomic E-state index is -0.641. The van der Waals surface area contributed by atoms with E-state index in [2.05, 4.69) is 25.4 Å². The number of amides is 3. The van der Waals surface area contributed by atoms with Crippen molar-refractivity contribution >= 4 is 56.6 Å². The molecule has 2 aromatic carbocycles. The lowest BCUT2D eigenvalue weighted by Crippen LogP contribution is -2.28. The standard InChI is InChI=1S/C44H51N13O5/c1-6-56-33(18-25(3)52-56)41-48-24-31-30-20-28(39(45)58)23-36(62-17-12-27-10-13-47-14-11-27)37(30)54(42(31)50-41)15-8-9-16-55-38-32(21-29(40(46)59)22-35(38)61-5)49-44(55)51-43(60)34-19-26(4)53-57(34)7-2/h8-9,18-24,27,47H,6-7,10-17H2,1-5H3,(H2,45,58)(H2,46,59)(H,49,51,60). The summed E-state index contributed by atoms with van der Waals surface area (Å²) in [5, 5.41) is 16.9. The van der Waals surface area contributed by atoms with Crippen LogP contribution in [-0.4, -0.2) is 88.2 Å². The highest BCUT2D eigenvalue weighted by molar-refractivity contribution is 6.12. The van der Waals surface area contributed by atoms with Gasteiger partial charge >= 0.3 is 0 Å². The molecule has 1 fully saturated rings. The Morgan fingerprint density at radius 1 is 0.839 bits per heavy atom. The Balaban J connectivity index is 1.21. The Labute approximate surface area is 357 Å². The number of imidazole rings is 1. The van der Waals surface area contributed by atoms with Crippen molar-refractivity contribution < 1.29 is 23.9 Å². The van der Waals surface area contributed by atoms with Gasteiger partial charge in [0.05, 0.1) is 36.1 Å². The Morgan fingerprint density at radius 3 is 2.23 bits per heavy atom. The first kappa shape index (κ1) is 41.6. The normalized spacial score (nSPS) is 13.5. The van der Waals surface area contributed by atoms with Crippen LogP contribution < -0.4 is 31.6 Å². The molecule has 18 heteroatoms. The van der Waals surface area contributed by atoms with Gasteiger partial charge in [-0.2, -0.15) is 10.2 Å². The predicted octanol–water partition coefficient (Wildman–Crippen LogP) is 5.13. The van der Waals surface area contributed by atoms with Gasteiger partial charge in [-0.25, -0.2) is 15.0 Å². The van der Waals surface area contributed by atoms with Crippen molar-refractivity contribution in [2.45, 2.75) is 73.1 Å². The number of fused-ring (bicyclic) bond motifs is 4. The number of hydrogen-bond donors (Lipinski definition) is 4. The molecule has 0 radical (unpaired) electrons. The van der Waals surface area contributed by atoms with E-state index < -0.39 is 17.7 Å². The smallest absolute Gasteiger partial charge is 0.276 e. The molecule has 62 heavy (non-hydrogen) atoms. The molecule has 8 rings (SSSR count). The molecule has 322 valence electrons. The maximum absolute atomic E-state index is 13.7. The fraction of sp³-hybridized carbons (Fsp3) is 0.364. The number of rotatable bonds is 16. The molecular formula is C44H51N13O5. The molecule has 5 aromatic heterocycles. The van der Waals surface area contributed by atoms with Crippen LogP contribution >= 0.6 is 0 Å². The molecule has 0 spiro atoms. The Hall–Kier alpha value is -7.08. The van der Waals surface area contributed by atoms with Crippen LogP contribution in [0.3, 0.4) is 0 Å². The van der Waals surface area contributed by atoms with Crippen LogP contribution in [0, 0.1) is 19.8 Å². The summed E-state index contributed by atoms with van der Waals surface area (Å²) in [4.78, 5) is 53.4. The van der Waals surface area contributed by atoms with E-state index in [1.54, 1.807) is 41.2 Å². The minimum absolute atomic E-state index is 0.213. The predicted molar refractivity (Wildman–Crippen MR) is 235 cm³/mol. The van der Waals surface area contributed by atoms with E-state index in [0.29, 0.717) is 83.1 Å². The molecule has 6 heterocycles. The third-order valence-corrected chi connectivity index (χ3v) is 11.3. The number of nitrogens with one attached hydrogen (secondary N) is 2. The van der Waals surface area contributed by atoms with Crippen LogP contribution in [0.1, 0.15) is 75.7 Å². The lowest BCUT2D eigenvalue weighted by Gasteiger charge is -2.22. The van der Waals surface area contributed by atoms with Crippen LogP contribution in [0.2, 0.25) is 0 Å². The van der Waals surface area contributed by atoms with Crippen molar-refractivity contribution in [2.75, 3.05) is 32.1 Å². The van der Waals surface area contributed by atoms with E-state index >= 15 is 0 Å². The average molecular weight is 842 g/mol. The molecule has 0 atom stereocenters. The number of piperidine rings is 1. The van der Waals surface area contributed by atoms with Crippen molar-refractivity contribution in [3.05, 3.63) is 83.0 Å². The fourth-order valence-corrected chi connectivity index (χ4v) is 8.29. The minimum Gasteiger partial charge on any atom is -0.494 e. The largest absolute Gasteiger partial charge is 0.494 e. The molecule has 3 amide bonds. The number of ether oxygens (including phenoxy) is 2. The van der Waals surface area contributed by atoms with Crippen LogP contribution in [-0.2, 0) is 26.2 Å². The first-order valence-corrected chi connectivity index (χ1v) is 20.9. The van der Waals surface area contributed by atoms with Gasteiger partial charge in [0.15, 0.2) is 5.82 Å². The van der Waals surface area contributed by atoms with E-state index in [1.165, 1.54) is 7.11 Å². The summed E-state index contributed by atoms with van der Waals surface area (Å²) < 4.78 is 19.7. The summed E-state index contributed by atoms with van der Waals surface area (Å²) in [6.45, 7) is 11.8. The number of carbonyl (C=O) groups is 3. The number of primary amides is 2. The third kappa shape index (κ3) is 8.07. The van der Waals surface area contributed by atoms with Gasteiger partial charge in [0.1, 0.15) is 34.1 Å². The quantitative estimate of drug-likeness (QED) is 0.0932. The topological polar surface area (TPSA) is 230 Å². The highest BCUT2D eigenvalue weighted by atomic mass is 16.5. The Bertz CT molecular complexity index is 2880. The Morgan fingerprint density at radius 2 is 1.52 bits per heavy atom. The van der Waals surface area contributed by atoms with Crippen molar-refractivity contribution in [1.82, 2.24) is 49.0 Å². The SMILES string of the molecule is CCn1nc(C)cc1C(=O)Nc1nc2cc(C(N)=O)cc(OC)c2n1CC=CCn1c2nc(-c3cc(C)nn3CC)ncc2c2cc(C(N)=O)cc(OCCC3CCNCC3)c21. The molecule has 6 N–H and O–H groups in total. The number of benzene rings is 2. The summed E-state index contributed by atoms with van der Waals surface area (Å²) in [6.07, 6.45) is 8.74. The molecule has 0 unspecified atom stereocenters. The van der Waals surface area contributed by atoms with Gasteiger partial charge in [0.25, 0.3) is 5.91 Å². The first-order chi connectivity index (χ1) is 30.0. The Kier molecular flexibility index (Phi) is 11.7. The second-order valence-electron chi connectivity index (χ2n) is 15.5. The molecule has 0 saturated carbocycles. The van der Waals surface area contributed by atoms with Gasteiger partial charge < -0.3 is 35.4 Å². The zero-order chi connectivity index (χ0) is 43.7. The van der Waals surface area contributed by atoms with E-state index in [0.717, 1.165) is 60.0 Å². The van der Waals surface area contributed by atoms with Gasteiger partial charge in [0, 0.05) is 54.3 Å². The van der Waals surface area contributed by atoms with Gasteiger partial charge in [0.2, 0.25) is 17.8 Å². The molecule has 1 aliphatic heterocycles. The van der Waals surface area contributed by atoms with Gasteiger partial charge in [-0.15, -0.1) is 0 Å². The number of aryl methyl sites for hydroxylation is 4. The highest BCUT2D eigenvalue weighted by Gasteiger charge is 2.24. The van der Waals surface area contributed by atoms with Crippen LogP contribution in [0.5, 0.6) is 11.5 Å². The first-order valence-electron chi connectivity index (χ1n) is 20.9. The van der Waals surface area contributed by atoms with Crippen molar-refractivity contribution in [2.24, 2.45) is 17.4 Å². The third-order valence-electron chi connectivity index (χ3n) is 11.3. The number of methoxy groups -OCH3 is 1. The number of anilines is 1. The zero-order valence-electron chi connectivity index (χ0n) is 35.6. The number of nitrogens with two attached hydrogens (primary N) is 2. The van der Waals surface area contributed by atoms with Crippen LogP contribution in [0.15, 0.2) is 54.7 Å². The number of aromatic nitrogens is 9. The lowest BCUT2D eigenvalue weighted by atomic mass is 9.95. The number of carbonyl (C=O) groups excluding carboxylic acids is 3. The van der Waals surface area contributed by atoms with Crippen molar-refractivity contribution in [3.8, 4) is 23.0 Å². The van der Waals surface area contributed by atoms with Crippen LogP contribution in [0.25, 0.3) is 44.5 Å². The van der Waals surface area contributed by atoms with Crippen molar-refractivity contribution in [3.63, 3.8) is 0 Å². The highest BCUT2D eigenvalue weighted by Crippen LogP contribution is 2.37. The number of allylic oxidation sites excluding steroid dienone is 2. The van der Waals surface area contributed by atoms with E-state index in [9.17, 15) is 14.4 Å². The maximum atomic E-state index is 13.7. The second-order valence-corrected chi connectivity index (χ2v) is 15.5. The monoisotopic (exact) mass is 841 g/mol. The second kappa shape index (κ2) is 17.5. The van der Waals surface area contributed by atoms with Gasteiger partial charge in [-0.05, 0) is 102 Å². The van der Waals surface area contributed by atoms with Gasteiger partial charge in [-0.3, -0.25) is 29.1 Å². The molecular weight excluding hydrogens is 791 g/mol. The fourth-order valence-electron chi connectivity index (χ4n) is 8.29. The molecule has 18 nitrogen and oxygen atoms in total. The lowest BCUT2D eigenvalue weighted by molar-refractivity contribution is 0.0991. The number of hydrogen-bond acceptors (Lipinski definition) is 11. The molecule has 1 aliphatic rings. The van der Waals surface area contributed by atoms with Crippen molar-refractivity contribution in [1.29, 1.82) is 0 Å². The maximum Gasteiger partial charge on any atom is 0.276 e. The summed E-state index contributed by atoms with van der Waals surface area (Å²) in [6, 6.07) is 10.3. The summed E-state index contributed by atoms with van der Waals surface area (Å²) >= 11 is 0. The zero-order valence-corrected chi connectivity index (χ0v) is 35.6. The molecule has 0 bridgehead atoms. The summed E-state index contributed by atoms with van der Waals surface area (Å²) in [5.74, 6) is 0.543. The average Bonchev–Trinajstić information content (AvgIpc) is 4.03. The van der Waals surface area contributed by atoms with Crippen LogP contribution in [0.4, 0.5) is 5.95 Å². The van der Waals surface area contributed by atoms with E-state index in [-0.39, 0.29) is 18.1 Å². The van der Waals surface area contributed by atoms with Gasteiger partial charge in [-0.1, -0.05) is 12.2 Å². The molecule has 0 aliphatic carbocycles.